The molecule has 6 aromatic rings. The van der Waals surface area contributed by atoms with Crippen LogP contribution in [0.4, 0.5) is 52.5 Å². The molecule has 4 atom stereocenters. The van der Waals surface area contributed by atoms with Gasteiger partial charge in [0.2, 0.25) is 11.8 Å². The summed E-state index contributed by atoms with van der Waals surface area (Å²) in [6, 6.07) is 32.1. The number of carboxylic acids is 2. The topological polar surface area (TPSA) is 174 Å². The molecule has 4 heterocycles. The smallest absolute Gasteiger partial charge is 0.414 e. The molecular weight excluding hydrogens is 1020 g/mol. The third-order valence-corrected chi connectivity index (χ3v) is 17.0. The number of anilines is 6. The molecule has 4 fully saturated rings. The van der Waals surface area contributed by atoms with E-state index in [1.807, 2.05) is 52.0 Å². The van der Waals surface area contributed by atoms with E-state index < -0.39 is 57.4 Å². The summed E-state index contributed by atoms with van der Waals surface area (Å²) >= 11 is 12.3. The van der Waals surface area contributed by atoms with E-state index in [9.17, 15) is 47.8 Å². The van der Waals surface area contributed by atoms with Crippen molar-refractivity contribution in [1.82, 2.24) is 0 Å². The Morgan fingerprint density at radius 3 is 1.20 bits per heavy atom. The SMILES string of the molecule is CC(C)[C@@]1(c2ccc(Cl)cc2)C[C@]12C(=O)N(c1cc(C(=O)O)cc(N3CCOC3=O)c1)c1ccc(F)cc12.CC(C)[C@]1(c2ccc(Cl)cc2)C[C@@]12C(=O)N(c1cc(C(=O)O)cc(N3CCOC3=O)c1)c1ccc(F)cc12. The van der Waals surface area contributed by atoms with Crippen molar-refractivity contribution >= 4 is 93.3 Å². The van der Waals surface area contributed by atoms with E-state index in [4.69, 9.17) is 32.7 Å². The van der Waals surface area contributed by atoms with Crippen LogP contribution < -0.4 is 19.6 Å². The summed E-state index contributed by atoms with van der Waals surface area (Å²) in [4.78, 5) is 83.2. The Kier molecular flexibility index (Phi) is 11.9. The summed E-state index contributed by atoms with van der Waals surface area (Å²) in [6.45, 7) is 9.04. The van der Waals surface area contributed by atoms with Gasteiger partial charge in [0.15, 0.2) is 0 Å². The molecule has 2 saturated carbocycles. The highest BCUT2D eigenvalue weighted by molar-refractivity contribution is 6.31. The number of amides is 4. The molecule has 12 rings (SSSR count). The van der Waals surface area contributed by atoms with E-state index >= 15 is 0 Å². The van der Waals surface area contributed by atoms with Crippen LogP contribution in [0.15, 0.2) is 121 Å². The van der Waals surface area contributed by atoms with Crippen LogP contribution in [0, 0.1) is 23.5 Å². The van der Waals surface area contributed by atoms with Gasteiger partial charge >= 0.3 is 24.1 Å². The number of rotatable bonds is 10. The first-order chi connectivity index (χ1) is 36.2. The Morgan fingerprint density at radius 2 is 0.882 bits per heavy atom. The number of hydrogen-bond donors (Lipinski definition) is 2. The van der Waals surface area contributed by atoms with Crippen LogP contribution in [0.5, 0.6) is 0 Å². The molecule has 18 heteroatoms. The number of hydrogen-bond acceptors (Lipinski definition) is 8. The van der Waals surface area contributed by atoms with Crippen LogP contribution in [-0.2, 0) is 40.7 Å². The Morgan fingerprint density at radius 1 is 0.526 bits per heavy atom. The van der Waals surface area contributed by atoms with Crippen molar-refractivity contribution in [3.63, 3.8) is 0 Å². The predicted octanol–water partition coefficient (Wildman–Crippen LogP) is 12.1. The number of carbonyl (C=O) groups is 6. The lowest BCUT2D eigenvalue weighted by atomic mass is 9.75. The molecule has 2 saturated heterocycles. The summed E-state index contributed by atoms with van der Waals surface area (Å²) in [5.74, 6) is -3.82. The second-order valence-electron chi connectivity index (χ2n) is 20.7. The zero-order valence-corrected chi connectivity index (χ0v) is 42.9. The molecule has 4 amide bonds. The molecule has 2 aliphatic carbocycles. The van der Waals surface area contributed by atoms with Gasteiger partial charge in [0.25, 0.3) is 0 Å². The molecule has 2 N–H and O–H groups in total. The van der Waals surface area contributed by atoms with Gasteiger partial charge in [0, 0.05) is 20.9 Å². The average Bonchev–Trinajstić information content (AvgIpc) is 3.73. The molecule has 6 aromatic carbocycles. The normalized spacial score (nSPS) is 23.8. The molecule has 388 valence electrons. The monoisotopic (exact) mass is 1070 g/mol. The van der Waals surface area contributed by atoms with Crippen LogP contribution in [-0.4, -0.2) is 72.5 Å². The van der Waals surface area contributed by atoms with Gasteiger partial charge in [-0.05, 0) is 144 Å². The molecule has 76 heavy (non-hydrogen) atoms. The first-order valence-corrected chi connectivity index (χ1v) is 25.4. The average molecular weight is 1070 g/mol. The van der Waals surface area contributed by atoms with Gasteiger partial charge in [0.05, 0.1) is 69.2 Å². The van der Waals surface area contributed by atoms with Gasteiger partial charge in [-0.25, -0.2) is 28.0 Å². The van der Waals surface area contributed by atoms with Crippen LogP contribution in [0.3, 0.4) is 0 Å². The van der Waals surface area contributed by atoms with Crippen LogP contribution in [0.2, 0.25) is 10.0 Å². The van der Waals surface area contributed by atoms with Crippen molar-refractivity contribution in [2.24, 2.45) is 11.8 Å². The van der Waals surface area contributed by atoms with Crippen molar-refractivity contribution < 1.29 is 57.2 Å². The summed E-state index contributed by atoms with van der Waals surface area (Å²) in [7, 11) is 0. The minimum atomic E-state index is -1.20. The fourth-order valence-corrected chi connectivity index (χ4v) is 13.2. The van der Waals surface area contributed by atoms with Crippen molar-refractivity contribution in [2.45, 2.75) is 62.2 Å². The predicted molar refractivity (Wildman–Crippen MR) is 280 cm³/mol. The van der Waals surface area contributed by atoms with E-state index in [0.717, 1.165) is 11.1 Å². The van der Waals surface area contributed by atoms with Gasteiger partial charge < -0.3 is 19.7 Å². The maximum absolute atomic E-state index is 14.7. The van der Waals surface area contributed by atoms with Gasteiger partial charge in [-0.1, -0.05) is 75.2 Å². The summed E-state index contributed by atoms with van der Waals surface area (Å²) in [5.41, 5.74) is 1.68. The maximum atomic E-state index is 14.7. The van der Waals surface area contributed by atoms with E-state index in [-0.39, 0.29) is 72.5 Å². The van der Waals surface area contributed by atoms with E-state index in [2.05, 4.69) is 0 Å². The number of carboxylic acid groups (broad SMARTS) is 2. The number of nitrogens with zero attached hydrogens (tertiary/aromatic N) is 4. The largest absolute Gasteiger partial charge is 0.478 e. The molecule has 6 aliphatic rings. The third-order valence-electron chi connectivity index (χ3n) is 16.5. The Labute approximate surface area is 444 Å². The Bertz CT molecular complexity index is 3280. The number of carbonyl (C=O) groups excluding carboxylic acids is 4. The number of cyclic esters (lactones) is 2. The van der Waals surface area contributed by atoms with Gasteiger partial charge in [-0.15, -0.1) is 0 Å². The minimum absolute atomic E-state index is 0.0176. The lowest BCUT2D eigenvalue weighted by molar-refractivity contribution is -0.121. The van der Waals surface area contributed by atoms with Crippen molar-refractivity contribution in [3.8, 4) is 0 Å². The molecule has 0 radical (unpaired) electrons. The first kappa shape index (κ1) is 50.3. The molecule has 2 spiro atoms. The summed E-state index contributed by atoms with van der Waals surface area (Å²) in [6.07, 6.45) is -0.243. The number of benzene rings is 6. The number of fused-ring (bicyclic) bond motifs is 4. The lowest BCUT2D eigenvalue weighted by Crippen LogP contribution is -2.36. The zero-order valence-electron chi connectivity index (χ0n) is 41.4. The van der Waals surface area contributed by atoms with Crippen molar-refractivity contribution in [3.05, 3.63) is 176 Å². The van der Waals surface area contributed by atoms with Crippen LogP contribution >= 0.6 is 23.2 Å². The van der Waals surface area contributed by atoms with Gasteiger partial charge in [-0.3, -0.25) is 29.2 Å². The van der Waals surface area contributed by atoms with Crippen LogP contribution in [0.25, 0.3) is 0 Å². The van der Waals surface area contributed by atoms with Crippen LogP contribution in [0.1, 0.15) is 83.5 Å². The van der Waals surface area contributed by atoms with E-state index in [0.29, 0.717) is 56.8 Å². The zero-order chi connectivity index (χ0) is 54.0. The fourth-order valence-electron chi connectivity index (χ4n) is 12.9. The molecule has 0 unspecified atom stereocenters. The molecule has 0 bridgehead atoms. The highest BCUT2D eigenvalue weighted by Crippen LogP contribution is 2.75. The second-order valence-corrected chi connectivity index (χ2v) is 21.5. The van der Waals surface area contributed by atoms with Gasteiger partial charge in [-0.2, -0.15) is 0 Å². The molecule has 14 nitrogen and oxygen atoms in total. The van der Waals surface area contributed by atoms with Crippen molar-refractivity contribution in [1.29, 1.82) is 0 Å². The summed E-state index contributed by atoms with van der Waals surface area (Å²) < 4.78 is 39.5. The number of halogens is 4. The standard InChI is InChI=1S/2C29H24ClFN2O5/c2*1-16(2)28(18-3-5-19(30)6-4-18)15-29(28)23-13-20(31)7-8-24(23)33(26(29)36)22-12-17(25(34)35)11-21(14-22)32-9-10-38-27(32)37/h2*3-8,11-14,16H,9-10,15H2,1-2H3,(H,34,35)/t2*28-,29+/m10/s1. The maximum Gasteiger partial charge on any atom is 0.414 e. The second kappa shape index (κ2) is 17.9. The van der Waals surface area contributed by atoms with Crippen molar-refractivity contribution in [2.75, 3.05) is 45.9 Å². The minimum Gasteiger partial charge on any atom is -0.478 e. The first-order valence-electron chi connectivity index (χ1n) is 24.7. The molecule has 4 aliphatic heterocycles. The molecular formula is C58H48Cl2F2N4O10. The summed E-state index contributed by atoms with van der Waals surface area (Å²) in [5, 5.41) is 20.8. The Balaban J connectivity index is 0.000000162. The number of aromatic carboxylic acids is 2. The Hall–Kier alpha value is -7.82. The van der Waals surface area contributed by atoms with E-state index in [1.165, 1.54) is 68.1 Å². The lowest BCUT2D eigenvalue weighted by Gasteiger charge is -2.27. The highest BCUT2D eigenvalue weighted by Gasteiger charge is 2.79. The fraction of sp³-hybridized carbons (Fsp3) is 0.276. The quantitative estimate of drug-likeness (QED) is 0.134. The van der Waals surface area contributed by atoms with E-state index in [1.54, 1.807) is 48.5 Å². The highest BCUT2D eigenvalue weighted by atomic mass is 35.5. The third kappa shape index (κ3) is 7.31. The van der Waals surface area contributed by atoms with Gasteiger partial charge in [0.1, 0.15) is 24.8 Å². The molecule has 0 aromatic heterocycles. The number of ether oxygens (including phenoxy) is 2.